The zero-order chi connectivity index (χ0) is 22.5. The number of hydrogen-bond acceptors (Lipinski definition) is 4. The van der Waals surface area contributed by atoms with Gasteiger partial charge in [-0.25, -0.2) is 4.39 Å². The predicted molar refractivity (Wildman–Crippen MR) is 125 cm³/mol. The van der Waals surface area contributed by atoms with Crippen molar-refractivity contribution in [3.63, 3.8) is 0 Å². The van der Waals surface area contributed by atoms with Crippen LogP contribution >= 0.6 is 11.8 Å². The summed E-state index contributed by atoms with van der Waals surface area (Å²) in [4.78, 5) is 26.2. The maximum absolute atomic E-state index is 14.4. The van der Waals surface area contributed by atoms with Gasteiger partial charge in [-0.2, -0.15) is 0 Å². The first-order valence-corrected chi connectivity index (χ1v) is 11.3. The highest BCUT2D eigenvalue weighted by molar-refractivity contribution is 8.00. The number of carbonyl (C=O) groups excluding carboxylic acids is 2. The minimum absolute atomic E-state index is 0.0516. The summed E-state index contributed by atoms with van der Waals surface area (Å²) in [6.07, 6.45) is 0. The molecule has 0 radical (unpaired) electrons. The molecule has 0 unspecified atom stereocenters. The molecule has 1 heterocycles. The van der Waals surface area contributed by atoms with Crippen LogP contribution in [0.2, 0.25) is 0 Å². The molecule has 0 aromatic heterocycles. The molecule has 7 heteroatoms. The lowest BCUT2D eigenvalue weighted by Crippen LogP contribution is -2.28. The first-order chi connectivity index (χ1) is 15.5. The summed E-state index contributed by atoms with van der Waals surface area (Å²) in [5.74, 6) is -0.509. The fourth-order valence-electron chi connectivity index (χ4n) is 3.50. The molecule has 1 atom stereocenters. The van der Waals surface area contributed by atoms with Crippen LogP contribution in [0, 0.1) is 12.7 Å². The third-order valence-electron chi connectivity index (χ3n) is 5.05. The molecular weight excluding hydrogens is 427 g/mol. The van der Waals surface area contributed by atoms with E-state index in [-0.39, 0.29) is 35.2 Å². The molecule has 0 bridgehead atoms. The van der Waals surface area contributed by atoms with Crippen molar-refractivity contribution in [2.45, 2.75) is 18.9 Å². The average Bonchev–Trinajstić information content (AvgIpc) is 3.18. The van der Waals surface area contributed by atoms with E-state index in [2.05, 4.69) is 5.32 Å². The molecule has 2 amide bonds. The molecule has 0 spiro atoms. The van der Waals surface area contributed by atoms with E-state index in [0.717, 1.165) is 16.7 Å². The fraction of sp³-hybridized carbons (Fsp3) is 0.200. The number of amides is 2. The number of halogens is 1. The molecule has 0 aliphatic carbocycles. The molecular formula is C25H23FN2O3S. The van der Waals surface area contributed by atoms with E-state index in [9.17, 15) is 14.0 Å². The van der Waals surface area contributed by atoms with E-state index in [1.165, 1.54) is 22.7 Å². The first-order valence-electron chi connectivity index (χ1n) is 10.2. The van der Waals surface area contributed by atoms with Crippen molar-refractivity contribution in [2.75, 3.05) is 22.6 Å². The van der Waals surface area contributed by atoms with Gasteiger partial charge >= 0.3 is 0 Å². The third-order valence-corrected chi connectivity index (χ3v) is 6.27. The molecule has 3 aromatic rings. The summed E-state index contributed by atoms with van der Waals surface area (Å²) in [6, 6.07) is 21.6. The molecule has 1 aliphatic heterocycles. The van der Waals surface area contributed by atoms with Crippen molar-refractivity contribution in [1.82, 2.24) is 0 Å². The highest BCUT2D eigenvalue weighted by atomic mass is 32.2. The summed E-state index contributed by atoms with van der Waals surface area (Å²) in [5.41, 5.74) is 3.67. The number of rotatable bonds is 7. The zero-order valence-electron chi connectivity index (χ0n) is 17.6. The number of aryl methyl sites for hydroxylation is 1. The van der Waals surface area contributed by atoms with Gasteiger partial charge in [0.25, 0.3) is 0 Å². The second kappa shape index (κ2) is 9.97. The lowest BCUT2D eigenvalue weighted by Gasteiger charge is -2.25. The molecule has 32 heavy (non-hydrogen) atoms. The third kappa shape index (κ3) is 5.18. The zero-order valence-corrected chi connectivity index (χ0v) is 18.4. The summed E-state index contributed by atoms with van der Waals surface area (Å²) in [5, 5.41) is 2.48. The van der Waals surface area contributed by atoms with Gasteiger partial charge in [-0.3, -0.25) is 14.5 Å². The molecule has 1 fully saturated rings. The monoisotopic (exact) mass is 450 g/mol. The smallest absolute Gasteiger partial charge is 0.250 e. The van der Waals surface area contributed by atoms with Crippen molar-refractivity contribution in [3.05, 3.63) is 95.3 Å². The highest BCUT2D eigenvalue weighted by Crippen LogP contribution is 2.42. The Morgan fingerprint density at radius 2 is 1.88 bits per heavy atom. The van der Waals surface area contributed by atoms with Gasteiger partial charge < -0.3 is 10.1 Å². The van der Waals surface area contributed by atoms with E-state index < -0.39 is 5.82 Å². The number of benzene rings is 3. The Balaban J connectivity index is 1.38. The van der Waals surface area contributed by atoms with E-state index >= 15 is 0 Å². The topological polar surface area (TPSA) is 58.6 Å². The number of nitrogens with zero attached hydrogens (tertiary/aromatic N) is 1. The molecule has 1 aliphatic rings. The van der Waals surface area contributed by atoms with Crippen molar-refractivity contribution < 1.29 is 18.7 Å². The van der Waals surface area contributed by atoms with Crippen LogP contribution in [0.4, 0.5) is 15.8 Å². The van der Waals surface area contributed by atoms with Crippen LogP contribution in [0.15, 0.2) is 72.8 Å². The SMILES string of the molecule is Cc1ccc(F)c(N2C(=O)CS[C@H]2c2ccc(NC(=O)COCc3ccccc3)cc2)c1. The van der Waals surface area contributed by atoms with Crippen molar-refractivity contribution >= 4 is 35.0 Å². The van der Waals surface area contributed by atoms with Crippen LogP contribution < -0.4 is 10.2 Å². The Morgan fingerprint density at radius 3 is 2.62 bits per heavy atom. The quantitative estimate of drug-likeness (QED) is 0.546. The number of carbonyl (C=O) groups is 2. The van der Waals surface area contributed by atoms with E-state index in [1.807, 2.05) is 49.4 Å². The minimum Gasteiger partial charge on any atom is -0.367 e. The van der Waals surface area contributed by atoms with Crippen LogP contribution in [-0.4, -0.2) is 24.2 Å². The maximum Gasteiger partial charge on any atom is 0.250 e. The van der Waals surface area contributed by atoms with Gasteiger partial charge in [0, 0.05) is 5.69 Å². The van der Waals surface area contributed by atoms with Crippen molar-refractivity contribution in [2.24, 2.45) is 0 Å². The molecule has 5 nitrogen and oxygen atoms in total. The van der Waals surface area contributed by atoms with Crippen molar-refractivity contribution in [3.8, 4) is 0 Å². The van der Waals surface area contributed by atoms with Crippen LogP contribution in [0.3, 0.4) is 0 Å². The lowest BCUT2D eigenvalue weighted by atomic mass is 10.1. The van der Waals surface area contributed by atoms with E-state index in [4.69, 9.17) is 4.74 Å². The normalized spacial score (nSPS) is 15.8. The number of ether oxygens (including phenoxy) is 1. The Morgan fingerprint density at radius 1 is 1.12 bits per heavy atom. The summed E-state index contributed by atoms with van der Waals surface area (Å²) in [6.45, 7) is 2.18. The van der Waals surface area contributed by atoms with Gasteiger partial charge in [0.05, 0.1) is 18.0 Å². The summed E-state index contributed by atoms with van der Waals surface area (Å²) >= 11 is 1.45. The lowest BCUT2D eigenvalue weighted by molar-refractivity contribution is -0.121. The number of hydrogen-bond donors (Lipinski definition) is 1. The maximum atomic E-state index is 14.4. The Bertz CT molecular complexity index is 1110. The number of anilines is 2. The van der Waals surface area contributed by atoms with E-state index in [0.29, 0.717) is 12.3 Å². The second-order valence-electron chi connectivity index (χ2n) is 7.53. The van der Waals surface area contributed by atoms with E-state index in [1.54, 1.807) is 24.3 Å². The highest BCUT2D eigenvalue weighted by Gasteiger charge is 2.35. The minimum atomic E-state index is -0.421. The van der Waals surface area contributed by atoms with Crippen LogP contribution in [-0.2, 0) is 20.9 Å². The summed E-state index contributed by atoms with van der Waals surface area (Å²) < 4.78 is 19.9. The summed E-state index contributed by atoms with van der Waals surface area (Å²) in [7, 11) is 0. The van der Waals surface area contributed by atoms with Crippen LogP contribution in [0.1, 0.15) is 22.1 Å². The average molecular weight is 451 g/mol. The Hall–Kier alpha value is -3.16. The molecule has 0 saturated carbocycles. The Kier molecular flexibility index (Phi) is 6.87. The van der Waals surface area contributed by atoms with Crippen molar-refractivity contribution in [1.29, 1.82) is 0 Å². The number of nitrogens with one attached hydrogen (secondary N) is 1. The van der Waals surface area contributed by atoms with Gasteiger partial charge in [0.2, 0.25) is 11.8 Å². The molecule has 4 rings (SSSR count). The van der Waals surface area contributed by atoms with Crippen LogP contribution in [0.25, 0.3) is 0 Å². The van der Waals surface area contributed by atoms with Crippen LogP contribution in [0.5, 0.6) is 0 Å². The molecule has 3 aromatic carbocycles. The second-order valence-corrected chi connectivity index (χ2v) is 8.60. The predicted octanol–water partition coefficient (Wildman–Crippen LogP) is 5.07. The molecule has 164 valence electrons. The standard InChI is InChI=1S/C25H23FN2O3S/c1-17-7-12-21(26)22(13-17)28-24(30)16-32-25(28)19-8-10-20(11-9-19)27-23(29)15-31-14-18-5-3-2-4-6-18/h2-13,25H,14-16H2,1H3,(H,27,29)/t25-/m0/s1. The molecule has 1 N–H and O–H groups in total. The largest absolute Gasteiger partial charge is 0.367 e. The van der Waals surface area contributed by atoms with Gasteiger partial charge in [0.1, 0.15) is 17.8 Å². The first kappa shape index (κ1) is 22.0. The number of thioether (sulfide) groups is 1. The van der Waals surface area contributed by atoms with Gasteiger partial charge in [-0.05, 0) is 47.9 Å². The fourth-order valence-corrected chi connectivity index (χ4v) is 4.67. The molecule has 1 saturated heterocycles. The van der Waals surface area contributed by atoms with Gasteiger partial charge in [0.15, 0.2) is 0 Å². The van der Waals surface area contributed by atoms with Gasteiger partial charge in [-0.1, -0.05) is 48.5 Å². The Labute approximate surface area is 190 Å². The van der Waals surface area contributed by atoms with Gasteiger partial charge in [-0.15, -0.1) is 11.8 Å².